The van der Waals surface area contributed by atoms with Crippen molar-refractivity contribution in [2.75, 3.05) is 11.9 Å². The average molecular weight is 335 g/mol. The fourth-order valence-electron chi connectivity index (χ4n) is 4.13. The molecular formula is C23H29NO. The summed E-state index contributed by atoms with van der Waals surface area (Å²) in [5.74, 6) is 0.255. The van der Waals surface area contributed by atoms with Gasteiger partial charge in [0.2, 0.25) is 5.91 Å². The van der Waals surface area contributed by atoms with E-state index in [1.54, 1.807) is 0 Å². The third kappa shape index (κ3) is 3.35. The van der Waals surface area contributed by atoms with Gasteiger partial charge in [-0.05, 0) is 37.0 Å². The number of likely N-dealkylation sites (N-methyl/N-ethyl adjacent to an activating group) is 1. The molecule has 1 aliphatic heterocycles. The number of rotatable bonds is 7. The van der Waals surface area contributed by atoms with E-state index in [4.69, 9.17) is 0 Å². The van der Waals surface area contributed by atoms with Crippen LogP contribution in [-0.2, 0) is 16.6 Å². The monoisotopic (exact) mass is 335 g/mol. The fourth-order valence-corrected chi connectivity index (χ4v) is 4.13. The summed E-state index contributed by atoms with van der Waals surface area (Å²) < 4.78 is 0. The second-order valence-corrected chi connectivity index (χ2v) is 7.44. The molecule has 0 fully saturated rings. The predicted molar refractivity (Wildman–Crippen MR) is 105 cm³/mol. The maximum absolute atomic E-state index is 13.3. The molecule has 25 heavy (non-hydrogen) atoms. The van der Waals surface area contributed by atoms with Crippen LogP contribution in [0.15, 0.2) is 48.5 Å². The van der Waals surface area contributed by atoms with Crippen molar-refractivity contribution < 1.29 is 4.79 Å². The predicted octanol–water partition coefficient (Wildman–Crippen LogP) is 5.42. The van der Waals surface area contributed by atoms with Gasteiger partial charge in [-0.15, -0.1) is 0 Å². The first-order valence-electron chi connectivity index (χ1n) is 9.52. The summed E-state index contributed by atoms with van der Waals surface area (Å²) in [6.45, 7) is 4.33. The highest BCUT2D eigenvalue weighted by Crippen LogP contribution is 2.46. The van der Waals surface area contributed by atoms with Crippen LogP contribution in [0.2, 0.25) is 0 Å². The van der Waals surface area contributed by atoms with E-state index < -0.39 is 5.41 Å². The normalized spacial score (nSPS) is 19.3. The zero-order valence-corrected chi connectivity index (χ0v) is 15.7. The van der Waals surface area contributed by atoms with Crippen molar-refractivity contribution in [1.29, 1.82) is 0 Å². The quantitative estimate of drug-likeness (QED) is 0.618. The van der Waals surface area contributed by atoms with Gasteiger partial charge in [-0.1, -0.05) is 80.6 Å². The molecule has 2 aromatic rings. The largest absolute Gasteiger partial charge is 0.314 e. The van der Waals surface area contributed by atoms with Gasteiger partial charge < -0.3 is 4.90 Å². The van der Waals surface area contributed by atoms with Crippen LogP contribution in [0.4, 0.5) is 5.69 Å². The summed E-state index contributed by atoms with van der Waals surface area (Å²) in [4.78, 5) is 15.2. The lowest BCUT2D eigenvalue weighted by atomic mass is 9.72. The minimum absolute atomic E-state index is 0.255. The number of anilines is 1. The molecule has 132 valence electrons. The van der Waals surface area contributed by atoms with E-state index in [9.17, 15) is 4.79 Å². The van der Waals surface area contributed by atoms with Gasteiger partial charge in [-0.2, -0.15) is 0 Å². The molecule has 2 nitrogen and oxygen atoms in total. The van der Waals surface area contributed by atoms with Gasteiger partial charge in [0.25, 0.3) is 0 Å². The maximum Gasteiger partial charge on any atom is 0.237 e. The van der Waals surface area contributed by atoms with Gasteiger partial charge in [-0.3, -0.25) is 4.79 Å². The van der Waals surface area contributed by atoms with Crippen molar-refractivity contribution in [3.63, 3.8) is 0 Å². The van der Waals surface area contributed by atoms with Crippen LogP contribution < -0.4 is 4.90 Å². The van der Waals surface area contributed by atoms with Crippen LogP contribution >= 0.6 is 0 Å². The van der Waals surface area contributed by atoms with Crippen LogP contribution in [0.1, 0.15) is 55.7 Å². The van der Waals surface area contributed by atoms with E-state index >= 15 is 0 Å². The molecule has 3 rings (SSSR count). The first-order valence-corrected chi connectivity index (χ1v) is 9.52. The van der Waals surface area contributed by atoms with Crippen molar-refractivity contribution >= 4 is 11.6 Å². The molecule has 0 aliphatic carbocycles. The number of amides is 1. The SMILES string of the molecule is CCCCCC[C@]1(Cc2ccc(C)cc2)C(=O)N(C)c2ccccc21. The number of benzene rings is 2. The van der Waals surface area contributed by atoms with Crippen LogP contribution in [0, 0.1) is 6.92 Å². The average Bonchev–Trinajstić information content (AvgIpc) is 2.84. The summed E-state index contributed by atoms with van der Waals surface area (Å²) in [7, 11) is 1.92. The van der Waals surface area contributed by atoms with E-state index in [1.807, 2.05) is 18.0 Å². The number of hydrogen-bond acceptors (Lipinski definition) is 1. The number of fused-ring (bicyclic) bond motifs is 1. The highest BCUT2D eigenvalue weighted by atomic mass is 16.2. The van der Waals surface area contributed by atoms with Crippen molar-refractivity contribution in [3.05, 3.63) is 65.2 Å². The van der Waals surface area contributed by atoms with Crippen LogP contribution in [0.3, 0.4) is 0 Å². The Balaban J connectivity index is 1.97. The standard InChI is InChI=1S/C23H29NO/c1-4-5-6-9-16-23(17-19-14-12-18(2)13-15-19)20-10-7-8-11-21(20)24(3)22(23)25/h7-8,10-15H,4-6,9,16-17H2,1-3H3/t23-/m1/s1. The Labute approximate surface area is 151 Å². The van der Waals surface area contributed by atoms with Gasteiger partial charge in [0.15, 0.2) is 0 Å². The van der Waals surface area contributed by atoms with Gasteiger partial charge in [-0.25, -0.2) is 0 Å². The first kappa shape index (κ1) is 17.7. The molecule has 1 atom stereocenters. The lowest BCUT2D eigenvalue weighted by Gasteiger charge is -2.29. The third-order valence-electron chi connectivity index (χ3n) is 5.58. The van der Waals surface area contributed by atoms with Crippen molar-refractivity contribution in [2.24, 2.45) is 0 Å². The molecule has 1 amide bonds. The zero-order chi connectivity index (χ0) is 17.9. The Kier molecular flexibility index (Phi) is 5.27. The summed E-state index contributed by atoms with van der Waals surface area (Å²) >= 11 is 0. The van der Waals surface area contributed by atoms with E-state index in [0.29, 0.717) is 0 Å². The van der Waals surface area contributed by atoms with Crippen molar-refractivity contribution in [2.45, 2.75) is 57.8 Å². The maximum atomic E-state index is 13.3. The molecule has 0 unspecified atom stereocenters. The van der Waals surface area contributed by atoms with Gasteiger partial charge in [0, 0.05) is 12.7 Å². The number of unbranched alkanes of at least 4 members (excludes halogenated alkanes) is 3. The molecule has 0 radical (unpaired) electrons. The number of carbonyl (C=O) groups is 1. The number of nitrogens with zero attached hydrogens (tertiary/aromatic N) is 1. The van der Waals surface area contributed by atoms with Crippen molar-refractivity contribution in [1.82, 2.24) is 0 Å². The van der Waals surface area contributed by atoms with E-state index in [1.165, 1.54) is 36.0 Å². The molecule has 0 saturated carbocycles. The molecular weight excluding hydrogens is 306 g/mol. The Bertz CT molecular complexity index is 734. The smallest absolute Gasteiger partial charge is 0.237 e. The fraction of sp³-hybridized carbons (Fsp3) is 0.435. The molecule has 2 aromatic carbocycles. The van der Waals surface area contributed by atoms with Crippen LogP contribution in [-0.4, -0.2) is 13.0 Å². The topological polar surface area (TPSA) is 20.3 Å². The zero-order valence-electron chi connectivity index (χ0n) is 15.7. The minimum Gasteiger partial charge on any atom is -0.314 e. The lowest BCUT2D eigenvalue weighted by molar-refractivity contribution is -0.123. The molecule has 1 heterocycles. The van der Waals surface area contributed by atoms with Crippen molar-refractivity contribution in [3.8, 4) is 0 Å². The third-order valence-corrected chi connectivity index (χ3v) is 5.58. The Hall–Kier alpha value is -2.09. The molecule has 0 saturated heterocycles. The van der Waals surface area contributed by atoms with Gasteiger partial charge in [0.1, 0.15) is 0 Å². The molecule has 1 aliphatic rings. The van der Waals surface area contributed by atoms with E-state index in [0.717, 1.165) is 24.9 Å². The van der Waals surface area contributed by atoms with E-state index in [2.05, 4.69) is 56.3 Å². The second kappa shape index (κ2) is 7.43. The number of hydrogen-bond donors (Lipinski definition) is 0. The van der Waals surface area contributed by atoms with Gasteiger partial charge >= 0.3 is 0 Å². The van der Waals surface area contributed by atoms with Crippen LogP contribution in [0.5, 0.6) is 0 Å². The summed E-state index contributed by atoms with van der Waals surface area (Å²) in [6, 6.07) is 17.0. The van der Waals surface area contributed by atoms with Crippen LogP contribution in [0.25, 0.3) is 0 Å². The lowest BCUT2D eigenvalue weighted by Crippen LogP contribution is -2.40. The number of aryl methyl sites for hydroxylation is 1. The molecule has 0 aromatic heterocycles. The summed E-state index contributed by atoms with van der Waals surface area (Å²) in [5, 5.41) is 0. The number of para-hydroxylation sites is 1. The molecule has 0 spiro atoms. The minimum atomic E-state index is -0.408. The second-order valence-electron chi connectivity index (χ2n) is 7.44. The highest BCUT2D eigenvalue weighted by Gasteiger charge is 2.48. The molecule has 2 heteroatoms. The Morgan fingerprint density at radius 1 is 0.960 bits per heavy atom. The molecule has 0 bridgehead atoms. The number of carbonyl (C=O) groups excluding carboxylic acids is 1. The highest BCUT2D eigenvalue weighted by molar-refractivity contribution is 6.07. The Morgan fingerprint density at radius 3 is 2.40 bits per heavy atom. The summed E-state index contributed by atoms with van der Waals surface area (Å²) in [6.07, 6.45) is 6.49. The van der Waals surface area contributed by atoms with Gasteiger partial charge in [0.05, 0.1) is 5.41 Å². The summed E-state index contributed by atoms with van der Waals surface area (Å²) in [5.41, 5.74) is 4.39. The first-order chi connectivity index (χ1) is 12.1. The van der Waals surface area contributed by atoms with E-state index in [-0.39, 0.29) is 5.91 Å². The Morgan fingerprint density at radius 2 is 1.68 bits per heavy atom. The molecule has 0 N–H and O–H groups in total.